The quantitative estimate of drug-likeness (QED) is 0.168. The molecule has 2 heteroatoms. The predicted octanol–water partition coefficient (Wildman–Crippen LogP) is 15.4. The second kappa shape index (κ2) is 13.0. The number of hydrogen-bond donors (Lipinski definition) is 0. The van der Waals surface area contributed by atoms with Gasteiger partial charge in [-0.1, -0.05) is 184 Å². The van der Waals surface area contributed by atoms with Gasteiger partial charge in [0.15, 0.2) is 0 Å². The number of para-hydroxylation sites is 2. The molecule has 10 aromatic rings. The lowest BCUT2D eigenvalue weighted by atomic mass is 9.67. The Hall–Kier alpha value is -7.42. The lowest BCUT2D eigenvalue weighted by Crippen LogP contribution is -2.28. The third-order valence-corrected chi connectivity index (χ3v) is 13.4. The maximum Gasteiger partial charge on any atom is 0.136 e. The van der Waals surface area contributed by atoms with Crippen LogP contribution in [0.5, 0.6) is 0 Å². The highest BCUT2D eigenvalue weighted by Gasteiger charge is 2.46. The zero-order chi connectivity index (χ0) is 40.0. The van der Waals surface area contributed by atoms with Crippen molar-refractivity contribution < 1.29 is 4.42 Å². The van der Waals surface area contributed by atoms with E-state index in [1.54, 1.807) is 0 Å². The van der Waals surface area contributed by atoms with E-state index >= 15 is 0 Å². The zero-order valence-electron chi connectivity index (χ0n) is 33.6. The van der Waals surface area contributed by atoms with Crippen LogP contribution in [0.3, 0.4) is 0 Å². The summed E-state index contributed by atoms with van der Waals surface area (Å²) in [6, 6.07) is 78.1. The summed E-state index contributed by atoms with van der Waals surface area (Å²) in [4.78, 5) is 2.50. The Morgan fingerprint density at radius 1 is 0.367 bits per heavy atom. The van der Waals surface area contributed by atoms with Crippen LogP contribution in [-0.4, -0.2) is 0 Å². The molecule has 2 aliphatic rings. The van der Waals surface area contributed by atoms with Crippen molar-refractivity contribution in [1.29, 1.82) is 0 Å². The average molecular weight is 768 g/mol. The summed E-state index contributed by atoms with van der Waals surface area (Å²) in [6.45, 7) is 4.73. The Balaban J connectivity index is 1.15. The van der Waals surface area contributed by atoms with Crippen molar-refractivity contribution in [1.82, 2.24) is 0 Å². The van der Waals surface area contributed by atoms with Crippen molar-refractivity contribution in [2.24, 2.45) is 0 Å². The van der Waals surface area contributed by atoms with Gasteiger partial charge in [0.05, 0.1) is 11.1 Å². The molecule has 0 N–H and O–H groups in total. The first-order chi connectivity index (χ1) is 29.5. The Labute approximate surface area is 350 Å². The van der Waals surface area contributed by atoms with Crippen molar-refractivity contribution >= 4 is 39.0 Å². The van der Waals surface area contributed by atoms with Gasteiger partial charge in [-0.15, -0.1) is 0 Å². The first-order valence-electron chi connectivity index (χ1n) is 20.9. The molecule has 0 saturated carbocycles. The topological polar surface area (TPSA) is 16.4 Å². The van der Waals surface area contributed by atoms with Gasteiger partial charge >= 0.3 is 0 Å². The van der Waals surface area contributed by atoms with E-state index in [2.05, 4.69) is 225 Å². The van der Waals surface area contributed by atoms with E-state index in [4.69, 9.17) is 4.42 Å². The first-order valence-corrected chi connectivity index (χ1v) is 20.9. The second-order valence-electron chi connectivity index (χ2n) is 16.8. The van der Waals surface area contributed by atoms with Crippen LogP contribution in [0.1, 0.15) is 47.2 Å². The lowest BCUT2D eigenvalue weighted by Gasteiger charge is -2.35. The Bertz CT molecular complexity index is 3260. The minimum absolute atomic E-state index is 0.163. The molecule has 0 saturated heterocycles. The fourth-order valence-electron chi connectivity index (χ4n) is 10.7. The number of nitrogens with zero attached hydrogens (tertiary/aromatic N) is 1. The summed E-state index contributed by atoms with van der Waals surface area (Å²) < 4.78 is 6.46. The van der Waals surface area contributed by atoms with Gasteiger partial charge in [-0.05, 0) is 104 Å². The third kappa shape index (κ3) is 4.82. The van der Waals surface area contributed by atoms with E-state index in [9.17, 15) is 0 Å². The highest BCUT2D eigenvalue weighted by molar-refractivity contribution is 6.14. The zero-order valence-corrected chi connectivity index (χ0v) is 33.6. The van der Waals surface area contributed by atoms with Crippen LogP contribution >= 0.6 is 0 Å². The average Bonchev–Trinajstić information content (AvgIpc) is 3.91. The molecule has 0 unspecified atom stereocenters. The fraction of sp³-hybridized carbons (Fsp3) is 0.0690. The van der Waals surface area contributed by atoms with E-state index in [0.29, 0.717) is 0 Å². The van der Waals surface area contributed by atoms with Crippen LogP contribution < -0.4 is 4.90 Å². The van der Waals surface area contributed by atoms with Gasteiger partial charge in [0.25, 0.3) is 0 Å². The highest BCUT2D eigenvalue weighted by atomic mass is 16.3. The summed E-state index contributed by atoms with van der Waals surface area (Å²) in [5.74, 6) is 0. The molecular weight excluding hydrogens is 727 g/mol. The van der Waals surface area contributed by atoms with Gasteiger partial charge in [0.1, 0.15) is 11.2 Å². The molecule has 60 heavy (non-hydrogen) atoms. The van der Waals surface area contributed by atoms with Gasteiger partial charge in [-0.25, -0.2) is 0 Å². The van der Waals surface area contributed by atoms with Crippen LogP contribution in [0.4, 0.5) is 17.1 Å². The van der Waals surface area contributed by atoms with Crippen molar-refractivity contribution in [2.75, 3.05) is 4.90 Å². The van der Waals surface area contributed by atoms with E-state index < -0.39 is 5.41 Å². The number of furan rings is 1. The normalized spacial score (nSPS) is 14.1. The molecule has 2 nitrogen and oxygen atoms in total. The van der Waals surface area contributed by atoms with Crippen molar-refractivity contribution in [2.45, 2.75) is 24.7 Å². The van der Waals surface area contributed by atoms with Gasteiger partial charge in [0, 0.05) is 33.1 Å². The summed E-state index contributed by atoms with van der Waals surface area (Å²) in [5, 5.41) is 2.25. The number of fused-ring (bicyclic) bond motifs is 9. The van der Waals surface area contributed by atoms with Crippen LogP contribution in [0.2, 0.25) is 0 Å². The van der Waals surface area contributed by atoms with E-state index in [1.165, 1.54) is 55.6 Å². The molecule has 1 heterocycles. The molecular formula is C58H41NO. The summed E-state index contributed by atoms with van der Waals surface area (Å²) in [6.07, 6.45) is 0. The molecule has 0 atom stereocenters. The molecule has 0 spiro atoms. The van der Waals surface area contributed by atoms with E-state index in [-0.39, 0.29) is 5.41 Å². The summed E-state index contributed by atoms with van der Waals surface area (Å²) in [5.41, 5.74) is 19.6. The summed E-state index contributed by atoms with van der Waals surface area (Å²) >= 11 is 0. The van der Waals surface area contributed by atoms with Gasteiger partial charge < -0.3 is 9.32 Å². The van der Waals surface area contributed by atoms with Gasteiger partial charge in [0.2, 0.25) is 0 Å². The maximum atomic E-state index is 6.46. The number of anilines is 3. The molecule has 0 amide bonds. The van der Waals surface area contributed by atoms with E-state index in [1.807, 2.05) is 6.07 Å². The molecule has 0 bridgehead atoms. The molecule has 1 aromatic heterocycles. The third-order valence-electron chi connectivity index (χ3n) is 13.4. The number of benzene rings is 9. The lowest BCUT2D eigenvalue weighted by molar-refractivity contribution is 0.660. The molecule has 12 rings (SSSR count). The van der Waals surface area contributed by atoms with Gasteiger partial charge in [-0.3, -0.25) is 0 Å². The van der Waals surface area contributed by atoms with Gasteiger partial charge in [-0.2, -0.15) is 0 Å². The minimum atomic E-state index is -0.529. The van der Waals surface area contributed by atoms with Crippen LogP contribution in [0.25, 0.3) is 55.3 Å². The predicted molar refractivity (Wildman–Crippen MR) is 249 cm³/mol. The smallest absolute Gasteiger partial charge is 0.136 e. The Morgan fingerprint density at radius 3 is 1.58 bits per heavy atom. The Kier molecular flexibility index (Phi) is 7.52. The molecule has 0 aliphatic heterocycles. The van der Waals surface area contributed by atoms with Crippen LogP contribution in [-0.2, 0) is 10.8 Å². The fourth-order valence-corrected chi connectivity index (χ4v) is 10.7. The monoisotopic (exact) mass is 767 g/mol. The maximum absolute atomic E-state index is 6.46. The first kappa shape index (κ1) is 34.6. The summed E-state index contributed by atoms with van der Waals surface area (Å²) in [7, 11) is 0. The molecule has 2 aliphatic carbocycles. The highest BCUT2D eigenvalue weighted by Crippen LogP contribution is 2.58. The standard InChI is InChI=1S/C58H41NO/c1-57(2)49-27-13-9-22-42(49)44-34-32-40(36-51(44)57)59(53-29-15-11-24-46(53)47-26-17-31-55-56(47)48-25-12-16-30-54(48)60-55)41-33-35-45-43-23-10-14-28-50(43)58(52(45)37-41,38-18-5-3-6-19-38)39-20-7-4-8-21-39/h3-37H,1-2H3. The van der Waals surface area contributed by atoms with Crippen LogP contribution in [0, 0.1) is 0 Å². The Morgan fingerprint density at radius 2 is 0.867 bits per heavy atom. The molecule has 9 aromatic carbocycles. The number of hydrogen-bond acceptors (Lipinski definition) is 2. The van der Waals surface area contributed by atoms with Crippen molar-refractivity contribution in [3.05, 3.63) is 246 Å². The molecule has 0 radical (unpaired) electrons. The largest absolute Gasteiger partial charge is 0.456 e. The molecule has 284 valence electrons. The van der Waals surface area contributed by atoms with Crippen molar-refractivity contribution in [3.63, 3.8) is 0 Å². The van der Waals surface area contributed by atoms with Crippen LogP contribution in [0.15, 0.2) is 217 Å². The SMILES string of the molecule is CC1(C)c2ccccc2-c2ccc(N(c3ccc4c(c3)C(c3ccccc3)(c3ccccc3)c3ccccc3-4)c3ccccc3-c3cccc4oc5ccccc5c34)cc21. The van der Waals surface area contributed by atoms with Crippen molar-refractivity contribution in [3.8, 4) is 33.4 Å². The molecule has 0 fully saturated rings. The second-order valence-corrected chi connectivity index (χ2v) is 16.8. The van der Waals surface area contributed by atoms with E-state index in [0.717, 1.165) is 50.1 Å². The minimum Gasteiger partial charge on any atom is -0.456 e. The number of rotatable bonds is 6.